The Bertz CT molecular complexity index is 444. The molecule has 1 saturated heterocycles. The predicted molar refractivity (Wildman–Crippen MR) is 79.4 cm³/mol. The first-order valence-electron chi connectivity index (χ1n) is 6.74. The van der Waals surface area contributed by atoms with E-state index in [0.717, 1.165) is 17.6 Å². The van der Waals surface area contributed by atoms with Crippen molar-refractivity contribution in [2.24, 2.45) is 0 Å². The van der Waals surface area contributed by atoms with Gasteiger partial charge in [0.2, 0.25) is 11.9 Å². The van der Waals surface area contributed by atoms with Gasteiger partial charge in [0, 0.05) is 45.0 Å². The number of anilines is 1. The Morgan fingerprint density at radius 1 is 1.35 bits per heavy atom. The molecular formula is C13H19BrN4O2. The van der Waals surface area contributed by atoms with Crippen LogP contribution in [0, 0.1) is 0 Å². The lowest BCUT2D eigenvalue weighted by molar-refractivity contribution is -0.132. The van der Waals surface area contributed by atoms with Gasteiger partial charge in [-0.15, -0.1) is 0 Å². The molecule has 1 aliphatic heterocycles. The normalized spacial score (nSPS) is 17.1. The molecule has 6 nitrogen and oxygen atoms in total. The number of aromatic nitrogens is 2. The predicted octanol–water partition coefficient (Wildman–Crippen LogP) is 1.05. The number of hydrogen-bond donors (Lipinski definition) is 1. The molecule has 0 saturated carbocycles. The molecule has 0 aromatic carbocycles. The van der Waals surface area contributed by atoms with Crippen LogP contribution in [0.5, 0.6) is 0 Å². The lowest BCUT2D eigenvalue weighted by Crippen LogP contribution is -2.49. The average Bonchev–Trinajstić information content (AvgIpc) is 2.46. The van der Waals surface area contributed by atoms with Gasteiger partial charge in [-0.2, -0.15) is 0 Å². The molecule has 1 aromatic heterocycles. The molecule has 0 radical (unpaired) electrons. The van der Waals surface area contributed by atoms with Gasteiger partial charge in [-0.3, -0.25) is 4.79 Å². The minimum Gasteiger partial charge on any atom is -0.393 e. The van der Waals surface area contributed by atoms with Crippen LogP contribution in [0.2, 0.25) is 0 Å². The highest BCUT2D eigenvalue weighted by molar-refractivity contribution is 9.10. The Hall–Kier alpha value is -1.21. The quantitative estimate of drug-likeness (QED) is 0.885. The number of aliphatic hydroxyl groups excluding tert-OH is 1. The maximum atomic E-state index is 11.9. The number of hydrogen-bond acceptors (Lipinski definition) is 5. The summed E-state index contributed by atoms with van der Waals surface area (Å²) in [5, 5.41) is 9.21. The first-order chi connectivity index (χ1) is 9.56. The van der Waals surface area contributed by atoms with Crippen LogP contribution in [0.3, 0.4) is 0 Å². The van der Waals surface area contributed by atoms with Crippen molar-refractivity contribution >= 4 is 27.8 Å². The summed E-state index contributed by atoms with van der Waals surface area (Å²) in [6, 6.07) is 0. The summed E-state index contributed by atoms with van der Waals surface area (Å²) in [6.45, 7) is 4.54. The standard InChI is InChI=1S/C13H19BrN4O2/c1-10(19)2-3-12(20)17-4-6-18(7-5-17)13-15-8-11(14)9-16-13/h8-10,19H,2-7H2,1H3. The van der Waals surface area contributed by atoms with Gasteiger partial charge in [-0.25, -0.2) is 9.97 Å². The third kappa shape index (κ3) is 4.14. The highest BCUT2D eigenvalue weighted by atomic mass is 79.9. The molecule has 2 heterocycles. The summed E-state index contributed by atoms with van der Waals surface area (Å²) in [7, 11) is 0. The Balaban J connectivity index is 1.83. The lowest BCUT2D eigenvalue weighted by Gasteiger charge is -2.34. The summed E-state index contributed by atoms with van der Waals surface area (Å²) >= 11 is 3.31. The molecular weight excluding hydrogens is 324 g/mol. The summed E-state index contributed by atoms with van der Waals surface area (Å²) < 4.78 is 0.855. The number of nitrogens with zero attached hydrogens (tertiary/aromatic N) is 4. The van der Waals surface area contributed by atoms with E-state index < -0.39 is 6.10 Å². The molecule has 1 aliphatic rings. The third-order valence-corrected chi connectivity index (χ3v) is 3.71. The van der Waals surface area contributed by atoms with Crippen molar-refractivity contribution in [2.45, 2.75) is 25.9 Å². The molecule has 1 unspecified atom stereocenters. The van der Waals surface area contributed by atoms with Crippen LogP contribution in [0.25, 0.3) is 0 Å². The van der Waals surface area contributed by atoms with E-state index in [2.05, 4.69) is 30.8 Å². The summed E-state index contributed by atoms with van der Waals surface area (Å²) in [6.07, 6.45) is 3.96. The minimum atomic E-state index is -0.420. The largest absolute Gasteiger partial charge is 0.393 e. The van der Waals surface area contributed by atoms with Crippen LogP contribution >= 0.6 is 15.9 Å². The minimum absolute atomic E-state index is 0.113. The van der Waals surface area contributed by atoms with Gasteiger partial charge in [0.05, 0.1) is 10.6 Å². The molecule has 0 spiro atoms. The van der Waals surface area contributed by atoms with Crippen molar-refractivity contribution in [2.75, 3.05) is 31.1 Å². The van der Waals surface area contributed by atoms with E-state index in [1.807, 2.05) is 4.90 Å². The monoisotopic (exact) mass is 342 g/mol. The van der Waals surface area contributed by atoms with Crippen LogP contribution in [0.1, 0.15) is 19.8 Å². The fourth-order valence-corrected chi connectivity index (χ4v) is 2.32. The molecule has 7 heteroatoms. The zero-order valence-electron chi connectivity index (χ0n) is 11.5. The molecule has 0 bridgehead atoms. The highest BCUT2D eigenvalue weighted by Crippen LogP contribution is 2.14. The van der Waals surface area contributed by atoms with Crippen LogP contribution < -0.4 is 4.90 Å². The van der Waals surface area contributed by atoms with E-state index in [1.54, 1.807) is 19.3 Å². The van der Waals surface area contributed by atoms with E-state index in [9.17, 15) is 9.90 Å². The maximum absolute atomic E-state index is 11.9. The zero-order chi connectivity index (χ0) is 14.5. The van der Waals surface area contributed by atoms with Crippen molar-refractivity contribution in [3.63, 3.8) is 0 Å². The number of aliphatic hydroxyl groups is 1. The first kappa shape index (κ1) is 15.2. The second-order valence-corrected chi connectivity index (χ2v) is 5.87. The van der Waals surface area contributed by atoms with E-state index >= 15 is 0 Å². The van der Waals surface area contributed by atoms with Gasteiger partial charge < -0.3 is 14.9 Å². The number of rotatable bonds is 4. The second-order valence-electron chi connectivity index (χ2n) is 4.96. The first-order valence-corrected chi connectivity index (χ1v) is 7.54. The smallest absolute Gasteiger partial charge is 0.225 e. The molecule has 1 N–H and O–H groups in total. The van der Waals surface area contributed by atoms with Crippen LogP contribution in [-0.2, 0) is 4.79 Å². The average molecular weight is 343 g/mol. The van der Waals surface area contributed by atoms with Gasteiger partial charge in [0.1, 0.15) is 0 Å². The fourth-order valence-electron chi connectivity index (χ4n) is 2.12. The number of piperazine rings is 1. The van der Waals surface area contributed by atoms with Crippen LogP contribution in [0.4, 0.5) is 5.95 Å². The van der Waals surface area contributed by atoms with Gasteiger partial charge in [-0.1, -0.05) is 0 Å². The van der Waals surface area contributed by atoms with E-state index in [0.29, 0.717) is 31.9 Å². The number of carbonyl (C=O) groups is 1. The van der Waals surface area contributed by atoms with Gasteiger partial charge >= 0.3 is 0 Å². The summed E-state index contributed by atoms with van der Waals surface area (Å²) in [5.41, 5.74) is 0. The maximum Gasteiger partial charge on any atom is 0.225 e. The van der Waals surface area contributed by atoms with Crippen molar-refractivity contribution in [1.29, 1.82) is 0 Å². The van der Waals surface area contributed by atoms with Crippen LogP contribution in [-0.4, -0.2) is 58.2 Å². The Kier molecular flexibility index (Phi) is 5.31. The van der Waals surface area contributed by atoms with Crippen molar-refractivity contribution in [3.05, 3.63) is 16.9 Å². The van der Waals surface area contributed by atoms with Gasteiger partial charge in [-0.05, 0) is 29.3 Å². The summed E-state index contributed by atoms with van der Waals surface area (Å²) in [4.78, 5) is 24.4. The van der Waals surface area contributed by atoms with Crippen molar-refractivity contribution in [3.8, 4) is 0 Å². The molecule has 1 atom stereocenters. The Morgan fingerprint density at radius 3 is 2.50 bits per heavy atom. The second kappa shape index (κ2) is 6.99. The lowest BCUT2D eigenvalue weighted by atomic mass is 10.2. The number of carbonyl (C=O) groups excluding carboxylic acids is 1. The van der Waals surface area contributed by atoms with E-state index in [-0.39, 0.29) is 5.91 Å². The Labute approximate surface area is 126 Å². The zero-order valence-corrected chi connectivity index (χ0v) is 13.1. The summed E-state index contributed by atoms with van der Waals surface area (Å²) in [5.74, 6) is 0.812. The number of amides is 1. The molecule has 1 amide bonds. The topological polar surface area (TPSA) is 69.6 Å². The van der Waals surface area contributed by atoms with Crippen molar-refractivity contribution < 1.29 is 9.90 Å². The molecule has 20 heavy (non-hydrogen) atoms. The van der Waals surface area contributed by atoms with Crippen molar-refractivity contribution in [1.82, 2.24) is 14.9 Å². The van der Waals surface area contributed by atoms with E-state index in [1.165, 1.54) is 0 Å². The fraction of sp³-hybridized carbons (Fsp3) is 0.615. The Morgan fingerprint density at radius 2 is 1.95 bits per heavy atom. The molecule has 1 fully saturated rings. The molecule has 1 aromatic rings. The van der Waals surface area contributed by atoms with Crippen LogP contribution in [0.15, 0.2) is 16.9 Å². The van der Waals surface area contributed by atoms with Gasteiger partial charge in [0.25, 0.3) is 0 Å². The van der Waals surface area contributed by atoms with E-state index in [4.69, 9.17) is 0 Å². The highest BCUT2D eigenvalue weighted by Gasteiger charge is 2.22. The molecule has 0 aliphatic carbocycles. The van der Waals surface area contributed by atoms with Gasteiger partial charge in [0.15, 0.2) is 0 Å². The third-order valence-electron chi connectivity index (χ3n) is 3.30. The SMILES string of the molecule is CC(O)CCC(=O)N1CCN(c2ncc(Br)cn2)CC1. The molecule has 110 valence electrons. The molecule has 2 rings (SSSR count). The number of halogens is 1.